The second-order valence-corrected chi connectivity index (χ2v) is 8.00. The molecule has 1 saturated carbocycles. The predicted molar refractivity (Wildman–Crippen MR) is 103 cm³/mol. The maximum atomic E-state index is 12.7. The number of rotatable bonds is 7. The summed E-state index contributed by atoms with van der Waals surface area (Å²) in [5, 5.41) is 13.0. The van der Waals surface area contributed by atoms with E-state index in [1.54, 1.807) is 6.20 Å². The van der Waals surface area contributed by atoms with Crippen LogP contribution in [0.25, 0.3) is 0 Å². The van der Waals surface area contributed by atoms with Crippen molar-refractivity contribution in [1.29, 1.82) is 0 Å². The van der Waals surface area contributed by atoms with Crippen molar-refractivity contribution in [3.05, 3.63) is 65.0 Å². The van der Waals surface area contributed by atoms with Crippen molar-refractivity contribution in [2.75, 3.05) is 0 Å². The molecule has 138 valence electrons. The smallest absolute Gasteiger partial charge is 0.251 e. The third kappa shape index (κ3) is 4.92. The van der Waals surface area contributed by atoms with Gasteiger partial charge in [0, 0.05) is 11.8 Å². The largest absolute Gasteiger partial charge is 0.390 e. The van der Waals surface area contributed by atoms with Crippen LogP contribution in [0, 0.1) is 12.8 Å². The number of carbonyl (C=O) groups excluding carboxylic acids is 1. The number of hydrogen-bond acceptors (Lipinski definition) is 3. The average molecular weight is 352 g/mol. The van der Waals surface area contributed by atoms with Crippen molar-refractivity contribution in [2.45, 2.75) is 58.1 Å². The molecule has 1 aliphatic rings. The highest BCUT2D eigenvalue weighted by Crippen LogP contribution is 2.41. The molecule has 1 aromatic heterocycles. The molecule has 1 atom stereocenters. The topological polar surface area (TPSA) is 62.2 Å². The minimum Gasteiger partial charge on any atom is -0.390 e. The van der Waals surface area contributed by atoms with E-state index in [0.29, 0.717) is 17.9 Å². The zero-order valence-electron chi connectivity index (χ0n) is 15.8. The first-order valence-electron chi connectivity index (χ1n) is 9.37. The lowest BCUT2D eigenvalue weighted by atomic mass is 9.98. The minimum atomic E-state index is -0.673. The van der Waals surface area contributed by atoms with E-state index in [9.17, 15) is 9.90 Å². The molecule has 0 unspecified atom stereocenters. The van der Waals surface area contributed by atoms with Crippen LogP contribution in [0.5, 0.6) is 0 Å². The van der Waals surface area contributed by atoms with E-state index in [1.165, 1.54) is 0 Å². The van der Waals surface area contributed by atoms with Crippen LogP contribution in [-0.2, 0) is 6.42 Å². The number of pyridine rings is 1. The van der Waals surface area contributed by atoms with E-state index < -0.39 is 5.60 Å². The third-order valence-electron chi connectivity index (χ3n) is 4.97. The summed E-state index contributed by atoms with van der Waals surface area (Å²) in [7, 11) is 0. The Kier molecular flexibility index (Phi) is 5.42. The number of nitrogens with one attached hydrogen (secondary N) is 1. The highest BCUT2D eigenvalue weighted by Gasteiger charge is 2.35. The molecule has 1 aromatic carbocycles. The maximum absolute atomic E-state index is 12.7. The van der Waals surface area contributed by atoms with Gasteiger partial charge in [-0.05, 0) is 81.7 Å². The van der Waals surface area contributed by atoms with Crippen LogP contribution in [-0.4, -0.2) is 21.6 Å². The van der Waals surface area contributed by atoms with E-state index in [2.05, 4.69) is 10.3 Å². The quantitative estimate of drug-likeness (QED) is 0.792. The molecule has 2 aromatic rings. The molecule has 1 fully saturated rings. The molecule has 1 heterocycles. The number of hydrogen-bond donors (Lipinski definition) is 2. The summed E-state index contributed by atoms with van der Waals surface area (Å²) >= 11 is 0. The predicted octanol–water partition coefficient (Wildman–Crippen LogP) is 3.97. The van der Waals surface area contributed by atoms with Gasteiger partial charge in [0.15, 0.2) is 0 Å². The average Bonchev–Trinajstić information content (AvgIpc) is 3.43. The van der Waals surface area contributed by atoms with Crippen molar-refractivity contribution >= 4 is 5.91 Å². The first-order valence-corrected chi connectivity index (χ1v) is 9.37. The van der Waals surface area contributed by atoms with Crippen molar-refractivity contribution in [1.82, 2.24) is 10.3 Å². The molecule has 0 radical (unpaired) electrons. The monoisotopic (exact) mass is 352 g/mol. The van der Waals surface area contributed by atoms with Crippen LogP contribution in [0.3, 0.4) is 0 Å². The normalized spacial score (nSPS) is 15.5. The molecule has 2 N–H and O–H groups in total. The van der Waals surface area contributed by atoms with Gasteiger partial charge in [0.1, 0.15) is 0 Å². The van der Waals surface area contributed by atoms with E-state index in [4.69, 9.17) is 0 Å². The Balaban J connectivity index is 1.67. The Bertz CT molecular complexity index is 758. The second kappa shape index (κ2) is 7.58. The van der Waals surface area contributed by atoms with Crippen LogP contribution in [0.1, 0.15) is 66.3 Å². The Morgan fingerprint density at radius 1 is 1.27 bits per heavy atom. The molecular formula is C22H28N2O2. The lowest BCUT2D eigenvalue weighted by Crippen LogP contribution is -2.31. The van der Waals surface area contributed by atoms with Crippen LogP contribution in [0.2, 0.25) is 0 Å². The van der Waals surface area contributed by atoms with Crippen LogP contribution in [0.4, 0.5) is 0 Å². The molecule has 26 heavy (non-hydrogen) atoms. The Morgan fingerprint density at radius 2 is 1.96 bits per heavy atom. The number of nitrogens with zero attached hydrogens (tertiary/aromatic N) is 1. The molecule has 0 spiro atoms. The number of benzene rings is 1. The van der Waals surface area contributed by atoms with Gasteiger partial charge in [-0.15, -0.1) is 0 Å². The Labute approximate surface area is 155 Å². The fraction of sp³-hybridized carbons (Fsp3) is 0.455. The maximum Gasteiger partial charge on any atom is 0.251 e. The molecule has 0 aliphatic heterocycles. The van der Waals surface area contributed by atoms with Gasteiger partial charge >= 0.3 is 0 Å². The van der Waals surface area contributed by atoms with E-state index >= 15 is 0 Å². The fourth-order valence-corrected chi connectivity index (χ4v) is 3.16. The Morgan fingerprint density at radius 3 is 2.54 bits per heavy atom. The molecule has 4 heteroatoms. The van der Waals surface area contributed by atoms with E-state index in [0.717, 1.165) is 36.1 Å². The van der Waals surface area contributed by atoms with Gasteiger partial charge in [-0.3, -0.25) is 9.78 Å². The standard InChI is InChI=1S/C22H28N2O2/c1-15-5-4-14-23-19(15)20(17-10-11-17)24-21(25)18-8-6-16(7-9-18)12-13-22(2,3)26/h4-9,14,17,20,26H,10-13H2,1-3H3,(H,24,25)/t20-/m1/s1. The highest BCUT2D eigenvalue weighted by atomic mass is 16.3. The van der Waals surface area contributed by atoms with Gasteiger partial charge in [0.05, 0.1) is 17.3 Å². The summed E-state index contributed by atoms with van der Waals surface area (Å²) in [5.41, 5.74) is 3.21. The zero-order chi connectivity index (χ0) is 18.7. The highest BCUT2D eigenvalue weighted by molar-refractivity contribution is 5.94. The van der Waals surface area contributed by atoms with Crippen molar-refractivity contribution < 1.29 is 9.90 Å². The minimum absolute atomic E-state index is 0.0152. The summed E-state index contributed by atoms with van der Waals surface area (Å²) in [6.45, 7) is 5.67. The molecule has 1 aliphatic carbocycles. The van der Waals surface area contributed by atoms with E-state index in [1.807, 2.05) is 57.2 Å². The molecule has 1 amide bonds. The third-order valence-corrected chi connectivity index (χ3v) is 4.97. The summed E-state index contributed by atoms with van der Waals surface area (Å²) in [6.07, 6.45) is 5.56. The second-order valence-electron chi connectivity index (χ2n) is 8.00. The van der Waals surface area contributed by atoms with Gasteiger partial charge in [0.2, 0.25) is 0 Å². The number of aromatic nitrogens is 1. The van der Waals surface area contributed by atoms with E-state index in [-0.39, 0.29) is 11.9 Å². The zero-order valence-corrected chi connectivity index (χ0v) is 15.8. The van der Waals surface area contributed by atoms with Crippen molar-refractivity contribution in [3.8, 4) is 0 Å². The van der Waals surface area contributed by atoms with Gasteiger partial charge < -0.3 is 10.4 Å². The Hall–Kier alpha value is -2.20. The number of amides is 1. The summed E-state index contributed by atoms with van der Waals surface area (Å²) < 4.78 is 0. The van der Waals surface area contributed by atoms with Crippen LogP contribution < -0.4 is 5.32 Å². The first kappa shape index (κ1) is 18.6. The number of aryl methyl sites for hydroxylation is 2. The van der Waals surface area contributed by atoms with Crippen LogP contribution >= 0.6 is 0 Å². The van der Waals surface area contributed by atoms with Crippen molar-refractivity contribution in [2.24, 2.45) is 5.92 Å². The first-order chi connectivity index (χ1) is 12.3. The SMILES string of the molecule is Cc1cccnc1[C@H](NC(=O)c1ccc(CCC(C)(C)O)cc1)C1CC1. The number of aliphatic hydroxyl groups is 1. The van der Waals surface area contributed by atoms with Crippen molar-refractivity contribution in [3.63, 3.8) is 0 Å². The lowest BCUT2D eigenvalue weighted by molar-refractivity contribution is 0.0713. The molecule has 4 nitrogen and oxygen atoms in total. The molecule has 0 saturated heterocycles. The molecular weight excluding hydrogens is 324 g/mol. The van der Waals surface area contributed by atoms with Gasteiger partial charge in [-0.2, -0.15) is 0 Å². The fourth-order valence-electron chi connectivity index (χ4n) is 3.16. The van der Waals surface area contributed by atoms with Gasteiger partial charge in [-0.25, -0.2) is 0 Å². The van der Waals surface area contributed by atoms with Gasteiger partial charge in [-0.1, -0.05) is 18.2 Å². The summed E-state index contributed by atoms with van der Waals surface area (Å²) in [6, 6.07) is 11.6. The van der Waals surface area contributed by atoms with Gasteiger partial charge in [0.25, 0.3) is 5.91 Å². The summed E-state index contributed by atoms with van der Waals surface area (Å²) in [4.78, 5) is 17.2. The number of carbonyl (C=O) groups is 1. The molecule has 3 rings (SSSR count). The van der Waals surface area contributed by atoms with Crippen LogP contribution in [0.15, 0.2) is 42.6 Å². The lowest BCUT2D eigenvalue weighted by Gasteiger charge is -2.20. The summed E-state index contributed by atoms with van der Waals surface area (Å²) in [5.74, 6) is 0.430. The molecule has 0 bridgehead atoms.